The topological polar surface area (TPSA) is 201 Å². The lowest BCUT2D eigenvalue weighted by atomic mass is 9.82. The fourth-order valence-electron chi connectivity index (χ4n) is 8.34. The van der Waals surface area contributed by atoms with E-state index in [0.29, 0.717) is 56.3 Å². The SMILES string of the molecule is CC[C@@H]1C[C@H](C)CC/C=C\[C@@H]2C[C@@]2(C(=O)NS(=O)(=O)C2CC2)NC(=O)[C@@H]2C[C@@H](Oc3nc4ccc(OC)cc4nc3N(C)C)CN2C(=O)[C@H]1N(C(=O)O)C(C)(C)C(F)(F)F. The number of aromatic nitrogens is 2. The van der Waals surface area contributed by atoms with Crippen LogP contribution in [-0.4, -0.2) is 126 Å². The Morgan fingerprint density at radius 1 is 1.10 bits per heavy atom. The summed E-state index contributed by atoms with van der Waals surface area (Å²) in [7, 11) is 0.872. The number of carbonyl (C=O) groups is 4. The number of methoxy groups -OCH3 is 1. The first-order chi connectivity index (χ1) is 28.0. The first-order valence-electron chi connectivity index (χ1n) is 20.2. The highest BCUT2D eigenvalue weighted by Crippen LogP contribution is 2.47. The quantitative estimate of drug-likeness (QED) is 0.280. The van der Waals surface area contributed by atoms with Crippen molar-refractivity contribution in [2.45, 2.75) is 120 Å². The predicted octanol–water partition coefficient (Wildman–Crippen LogP) is 4.63. The molecule has 3 N–H and O–H groups in total. The molecular formula is C40H54F3N7O9S. The molecule has 330 valence electrons. The number of carbonyl (C=O) groups excluding carboxylic acids is 3. The summed E-state index contributed by atoms with van der Waals surface area (Å²) >= 11 is 0. The normalized spacial score (nSPS) is 28.3. The molecule has 16 nitrogen and oxygen atoms in total. The van der Waals surface area contributed by atoms with Crippen LogP contribution in [0.15, 0.2) is 30.4 Å². The Bertz CT molecular complexity index is 2150. The van der Waals surface area contributed by atoms with Gasteiger partial charge >= 0.3 is 12.3 Å². The standard InChI is InChI=1S/C40H54F3N7O9S/c1-8-23-17-22(2)11-9-10-12-24-20-39(24,36(53)47-60(56,57)27-14-15-27)46-33(51)30-19-26(21-49(30)35(52)31(23)50(37(54)55)38(3,4)40(41,42)43)59-34-32(48(5)6)44-29-18-25(58-7)13-16-28(29)45-34/h10,12-13,16,18,22-24,26-27,30-31H,8-9,11,14-15,17,19-21H2,1-7H3,(H,46,51)(H,47,53)(H,54,55)/b12-10-/t22-,23-,24-,26-,30+,31+,39-/m1/s1. The van der Waals surface area contributed by atoms with Gasteiger partial charge < -0.3 is 29.7 Å². The molecule has 0 radical (unpaired) electrons. The van der Waals surface area contributed by atoms with Crippen molar-refractivity contribution in [3.63, 3.8) is 0 Å². The van der Waals surface area contributed by atoms with Crippen LogP contribution in [0.1, 0.15) is 79.1 Å². The van der Waals surface area contributed by atoms with Gasteiger partial charge in [-0.3, -0.25) is 24.0 Å². The Morgan fingerprint density at radius 2 is 1.80 bits per heavy atom. The highest BCUT2D eigenvalue weighted by Gasteiger charge is 2.63. The van der Waals surface area contributed by atoms with Gasteiger partial charge in [-0.1, -0.05) is 32.4 Å². The van der Waals surface area contributed by atoms with E-state index in [1.165, 1.54) is 7.11 Å². The lowest BCUT2D eigenvalue weighted by molar-refractivity contribution is -0.222. The fraction of sp³-hybridized carbons (Fsp3) is 0.650. The van der Waals surface area contributed by atoms with Crippen molar-refractivity contribution in [3.05, 3.63) is 30.4 Å². The van der Waals surface area contributed by atoms with Crippen molar-refractivity contribution < 1.29 is 55.3 Å². The summed E-state index contributed by atoms with van der Waals surface area (Å²) in [4.78, 5) is 69.0. The lowest BCUT2D eigenvalue weighted by Gasteiger charge is -2.46. The van der Waals surface area contributed by atoms with Gasteiger partial charge in [0.25, 0.3) is 11.8 Å². The third kappa shape index (κ3) is 8.79. The van der Waals surface area contributed by atoms with Crippen LogP contribution in [0.3, 0.4) is 0 Å². The summed E-state index contributed by atoms with van der Waals surface area (Å²) in [5.41, 5.74) is -3.86. The van der Waals surface area contributed by atoms with Crippen LogP contribution in [-0.2, 0) is 24.4 Å². The predicted molar refractivity (Wildman–Crippen MR) is 214 cm³/mol. The minimum absolute atomic E-state index is 0.0222. The smallest absolute Gasteiger partial charge is 0.411 e. The minimum atomic E-state index is -5.10. The number of carboxylic acid groups (broad SMARTS) is 1. The maximum Gasteiger partial charge on any atom is 0.411 e. The van der Waals surface area contributed by atoms with E-state index in [0.717, 1.165) is 4.90 Å². The average Bonchev–Trinajstić information content (AvgIpc) is 4.10. The summed E-state index contributed by atoms with van der Waals surface area (Å²) in [5, 5.41) is 12.6. The van der Waals surface area contributed by atoms with E-state index in [-0.39, 0.29) is 54.7 Å². The molecule has 2 saturated carbocycles. The summed E-state index contributed by atoms with van der Waals surface area (Å²) in [6.45, 7) is 4.56. The molecule has 1 aromatic carbocycles. The molecule has 4 aliphatic rings. The molecular weight excluding hydrogens is 812 g/mol. The summed E-state index contributed by atoms with van der Waals surface area (Å²) < 4.78 is 84.2. The van der Waals surface area contributed by atoms with Crippen LogP contribution >= 0.6 is 0 Å². The van der Waals surface area contributed by atoms with E-state index in [9.17, 15) is 41.1 Å². The van der Waals surface area contributed by atoms with E-state index in [2.05, 4.69) is 20.0 Å². The summed E-state index contributed by atoms with van der Waals surface area (Å²) in [6, 6.07) is 1.62. The second-order valence-electron chi connectivity index (χ2n) is 17.2. The number of rotatable bonds is 10. The molecule has 1 saturated heterocycles. The zero-order chi connectivity index (χ0) is 44.1. The van der Waals surface area contributed by atoms with Gasteiger partial charge in [0.05, 0.1) is 29.9 Å². The van der Waals surface area contributed by atoms with Crippen LogP contribution in [0.25, 0.3) is 11.0 Å². The minimum Gasteiger partial charge on any atom is -0.497 e. The van der Waals surface area contributed by atoms with Crippen LogP contribution in [0.2, 0.25) is 0 Å². The van der Waals surface area contributed by atoms with Crippen molar-refractivity contribution in [1.82, 2.24) is 29.8 Å². The van der Waals surface area contributed by atoms with Gasteiger partial charge in [-0.15, -0.1) is 0 Å². The number of nitrogens with zero attached hydrogens (tertiary/aromatic N) is 5. The number of fused-ring (bicyclic) bond motifs is 3. The number of allylic oxidation sites excluding steroid dienone is 1. The van der Waals surface area contributed by atoms with Gasteiger partial charge in [0.15, 0.2) is 5.82 Å². The number of amides is 4. The largest absolute Gasteiger partial charge is 0.497 e. The number of anilines is 1. The van der Waals surface area contributed by atoms with Crippen LogP contribution in [0, 0.1) is 17.8 Å². The second-order valence-corrected chi connectivity index (χ2v) is 19.2. The number of hydrogen-bond donors (Lipinski definition) is 3. The number of benzene rings is 1. The lowest BCUT2D eigenvalue weighted by Crippen LogP contribution is -2.66. The Balaban J connectivity index is 1.45. The number of halogens is 3. The second kappa shape index (κ2) is 16.5. The van der Waals surface area contributed by atoms with Gasteiger partial charge in [0, 0.05) is 32.5 Å². The van der Waals surface area contributed by atoms with Crippen molar-refractivity contribution in [2.75, 3.05) is 32.6 Å². The number of alkyl halides is 3. The molecule has 2 aromatic rings. The van der Waals surface area contributed by atoms with Crippen molar-refractivity contribution in [3.8, 4) is 11.6 Å². The molecule has 0 bridgehead atoms. The molecule has 0 spiro atoms. The van der Waals surface area contributed by atoms with E-state index in [1.54, 1.807) is 50.2 Å². The highest BCUT2D eigenvalue weighted by atomic mass is 32.2. The molecule has 3 heterocycles. The Hall–Kier alpha value is -4.88. The monoisotopic (exact) mass is 865 g/mol. The van der Waals surface area contributed by atoms with Gasteiger partial charge in [-0.25, -0.2) is 23.2 Å². The Morgan fingerprint density at radius 3 is 2.40 bits per heavy atom. The maximum atomic E-state index is 15.2. The Labute approximate surface area is 347 Å². The van der Waals surface area contributed by atoms with Crippen LogP contribution in [0.5, 0.6) is 11.6 Å². The summed E-state index contributed by atoms with van der Waals surface area (Å²) in [5.74, 6) is -3.75. The van der Waals surface area contributed by atoms with E-state index >= 15 is 4.79 Å². The van der Waals surface area contributed by atoms with E-state index in [4.69, 9.17) is 9.47 Å². The number of sulfonamides is 1. The average molecular weight is 866 g/mol. The van der Waals surface area contributed by atoms with Crippen molar-refractivity contribution in [1.29, 1.82) is 0 Å². The fourth-order valence-corrected chi connectivity index (χ4v) is 9.70. The molecule has 60 heavy (non-hydrogen) atoms. The molecule has 2 aliphatic heterocycles. The zero-order valence-electron chi connectivity index (χ0n) is 34.8. The highest BCUT2D eigenvalue weighted by molar-refractivity contribution is 7.91. The third-order valence-corrected chi connectivity index (χ3v) is 14.1. The van der Waals surface area contributed by atoms with Crippen LogP contribution in [0.4, 0.5) is 23.8 Å². The number of nitrogens with one attached hydrogen (secondary N) is 2. The van der Waals surface area contributed by atoms with Gasteiger partial charge in [-0.05, 0) is 76.3 Å². The molecule has 6 rings (SSSR count). The molecule has 7 atom stereocenters. The maximum absolute atomic E-state index is 15.2. The molecule has 1 aromatic heterocycles. The Kier molecular flexibility index (Phi) is 12.3. The molecule has 2 aliphatic carbocycles. The van der Waals surface area contributed by atoms with E-state index < -0.39 is 86.4 Å². The van der Waals surface area contributed by atoms with E-state index in [1.807, 2.05) is 13.0 Å². The first-order valence-corrected chi connectivity index (χ1v) is 21.7. The first kappa shape index (κ1) is 44.7. The van der Waals surface area contributed by atoms with Gasteiger partial charge in [0.2, 0.25) is 21.8 Å². The molecule has 4 amide bonds. The molecule has 3 fully saturated rings. The molecule has 0 unspecified atom stereocenters. The summed E-state index contributed by atoms with van der Waals surface area (Å²) in [6.07, 6.45) is -2.70. The zero-order valence-corrected chi connectivity index (χ0v) is 35.6. The van der Waals surface area contributed by atoms with Gasteiger partial charge in [0.1, 0.15) is 35.0 Å². The number of ether oxygens (including phenoxy) is 2. The van der Waals surface area contributed by atoms with Crippen molar-refractivity contribution in [2.24, 2.45) is 17.8 Å². The molecule has 20 heteroatoms. The third-order valence-electron chi connectivity index (χ3n) is 12.2. The van der Waals surface area contributed by atoms with Gasteiger partial charge in [-0.2, -0.15) is 13.2 Å². The number of hydrogen-bond acceptors (Lipinski definition) is 11. The van der Waals surface area contributed by atoms with Crippen LogP contribution < -0.4 is 24.4 Å². The van der Waals surface area contributed by atoms with Crippen molar-refractivity contribution >= 4 is 50.7 Å².